The van der Waals surface area contributed by atoms with Crippen molar-refractivity contribution < 1.29 is 31.1 Å². The first-order chi connectivity index (χ1) is 14.2. The maximum atomic E-state index is 13.2. The van der Waals surface area contributed by atoms with Crippen molar-refractivity contribution in [2.24, 2.45) is 0 Å². The highest BCUT2D eigenvalue weighted by molar-refractivity contribution is 5.91. The molecule has 0 bridgehead atoms. The Hall–Kier alpha value is -3.28. The van der Waals surface area contributed by atoms with Crippen molar-refractivity contribution in [1.82, 2.24) is 4.57 Å². The zero-order valence-corrected chi connectivity index (χ0v) is 16.4. The Bertz CT molecular complexity index is 1200. The van der Waals surface area contributed by atoms with Gasteiger partial charge in [-0.15, -0.1) is 0 Å². The van der Waals surface area contributed by atoms with Crippen LogP contribution in [0.5, 0.6) is 0 Å². The molecule has 3 nitrogen and oxygen atoms in total. The highest BCUT2D eigenvalue weighted by Crippen LogP contribution is 2.38. The lowest BCUT2D eigenvalue weighted by Gasteiger charge is -2.27. The second-order valence-electron chi connectivity index (χ2n) is 7.58. The third kappa shape index (κ3) is 4.29. The molecule has 0 saturated carbocycles. The maximum absolute atomic E-state index is 13.2. The van der Waals surface area contributed by atoms with Gasteiger partial charge in [0.25, 0.3) is 0 Å². The number of carbonyl (C=O) groups is 1. The van der Waals surface area contributed by atoms with E-state index < -0.39 is 40.5 Å². The Morgan fingerprint density at radius 3 is 2.23 bits per heavy atom. The first kappa shape index (κ1) is 22.4. The van der Waals surface area contributed by atoms with Crippen LogP contribution in [-0.4, -0.2) is 10.4 Å². The summed E-state index contributed by atoms with van der Waals surface area (Å²) in [6.45, 7) is 9.98. The highest BCUT2D eigenvalue weighted by Gasteiger charge is 2.35. The molecule has 162 valence electrons. The molecular formula is C22H16F6N2O. The normalized spacial score (nSPS) is 12.7. The minimum Gasteiger partial charge on any atom is -0.335 e. The molecule has 0 amide bonds. The third-order valence-corrected chi connectivity index (χ3v) is 5.15. The standard InChI is InChI=1S/C22H16F6N2O/c1-20(2,30-9-8-14-12-15(21(23,24)25)5-7-18(14)30)19(31)11-13-4-6-17(29-3)16(10-13)22(26,27)28/h4-10,12H,11H2,1-2H3. The van der Waals surface area contributed by atoms with E-state index in [1.54, 1.807) is 13.8 Å². The molecular weight excluding hydrogens is 422 g/mol. The summed E-state index contributed by atoms with van der Waals surface area (Å²) in [5.74, 6) is -0.436. The number of hydrogen-bond donors (Lipinski definition) is 0. The molecule has 0 fully saturated rings. The number of alkyl halides is 6. The molecule has 0 spiro atoms. The van der Waals surface area contributed by atoms with Gasteiger partial charge in [-0.05, 0) is 43.7 Å². The SMILES string of the molecule is [C-]#[N+]c1ccc(CC(=O)C(C)(C)n2ccc3cc(C(F)(F)F)ccc32)cc1C(F)(F)F. The Kier molecular flexibility index (Phi) is 5.38. The summed E-state index contributed by atoms with van der Waals surface area (Å²) in [6.07, 6.45) is -8.10. The first-order valence-corrected chi connectivity index (χ1v) is 9.05. The summed E-state index contributed by atoms with van der Waals surface area (Å²) < 4.78 is 79.9. The number of Topliss-reactive ketones (excluding diaryl/α,β-unsaturated/α-hetero) is 1. The second kappa shape index (κ2) is 7.45. The van der Waals surface area contributed by atoms with Crippen molar-refractivity contribution in [2.45, 2.75) is 38.2 Å². The van der Waals surface area contributed by atoms with Crippen molar-refractivity contribution in [3.8, 4) is 0 Å². The summed E-state index contributed by atoms with van der Waals surface area (Å²) in [4.78, 5) is 15.8. The molecule has 0 radical (unpaired) electrons. The molecule has 0 N–H and O–H groups in total. The van der Waals surface area contributed by atoms with E-state index in [1.165, 1.54) is 29.0 Å². The van der Waals surface area contributed by atoms with Gasteiger partial charge in [-0.1, -0.05) is 18.2 Å². The quantitative estimate of drug-likeness (QED) is 0.326. The Balaban J connectivity index is 1.94. The number of carbonyl (C=O) groups excluding carboxylic acids is 1. The Labute approximate surface area is 173 Å². The summed E-state index contributed by atoms with van der Waals surface area (Å²) in [5, 5.41) is 0.288. The lowest BCUT2D eigenvalue weighted by Crippen LogP contribution is -2.36. The summed E-state index contributed by atoms with van der Waals surface area (Å²) in [6, 6.07) is 7.70. The van der Waals surface area contributed by atoms with Crippen LogP contribution in [0.2, 0.25) is 0 Å². The van der Waals surface area contributed by atoms with Crippen LogP contribution in [0, 0.1) is 6.57 Å². The van der Waals surface area contributed by atoms with Crippen LogP contribution in [0.25, 0.3) is 15.7 Å². The minimum absolute atomic E-state index is 0.0913. The smallest absolute Gasteiger partial charge is 0.335 e. The van der Waals surface area contributed by atoms with E-state index in [4.69, 9.17) is 6.57 Å². The largest absolute Gasteiger partial charge is 0.416 e. The first-order valence-electron chi connectivity index (χ1n) is 9.05. The molecule has 0 aliphatic heterocycles. The molecule has 1 heterocycles. The molecule has 1 aromatic heterocycles. The molecule has 0 unspecified atom stereocenters. The highest BCUT2D eigenvalue weighted by atomic mass is 19.4. The fourth-order valence-corrected chi connectivity index (χ4v) is 3.36. The average Bonchev–Trinajstić information content (AvgIpc) is 3.10. The van der Waals surface area contributed by atoms with Crippen molar-refractivity contribution >= 4 is 22.4 Å². The van der Waals surface area contributed by atoms with Gasteiger partial charge >= 0.3 is 12.4 Å². The number of benzene rings is 2. The molecule has 0 aliphatic rings. The van der Waals surface area contributed by atoms with Crippen LogP contribution in [0.3, 0.4) is 0 Å². The third-order valence-electron chi connectivity index (χ3n) is 5.15. The predicted molar refractivity (Wildman–Crippen MR) is 103 cm³/mol. The number of aromatic nitrogens is 1. The number of hydrogen-bond acceptors (Lipinski definition) is 1. The number of rotatable bonds is 4. The van der Waals surface area contributed by atoms with E-state index in [1.807, 2.05) is 0 Å². The zero-order valence-electron chi connectivity index (χ0n) is 16.4. The van der Waals surface area contributed by atoms with E-state index in [0.717, 1.165) is 24.3 Å². The van der Waals surface area contributed by atoms with Gasteiger partial charge in [0.05, 0.1) is 23.2 Å². The van der Waals surface area contributed by atoms with Gasteiger partial charge in [0.15, 0.2) is 11.5 Å². The van der Waals surface area contributed by atoms with E-state index >= 15 is 0 Å². The monoisotopic (exact) mass is 438 g/mol. The van der Waals surface area contributed by atoms with Gasteiger partial charge < -0.3 is 4.57 Å². The lowest BCUT2D eigenvalue weighted by atomic mass is 9.92. The minimum atomic E-state index is -4.73. The van der Waals surface area contributed by atoms with Crippen molar-refractivity contribution in [3.63, 3.8) is 0 Å². The van der Waals surface area contributed by atoms with Gasteiger partial charge in [-0.25, -0.2) is 4.85 Å². The maximum Gasteiger partial charge on any atom is 0.416 e. The molecule has 0 saturated heterocycles. The van der Waals surface area contributed by atoms with E-state index in [0.29, 0.717) is 5.52 Å². The van der Waals surface area contributed by atoms with Gasteiger partial charge in [-0.2, -0.15) is 26.3 Å². The van der Waals surface area contributed by atoms with E-state index in [9.17, 15) is 31.1 Å². The van der Waals surface area contributed by atoms with Gasteiger partial charge in [0.1, 0.15) is 0 Å². The average molecular weight is 438 g/mol. The van der Waals surface area contributed by atoms with Crippen LogP contribution in [0.4, 0.5) is 32.0 Å². The van der Waals surface area contributed by atoms with Crippen LogP contribution < -0.4 is 0 Å². The molecule has 2 aromatic carbocycles. The topological polar surface area (TPSA) is 26.4 Å². The number of ketones is 1. The molecule has 0 aliphatic carbocycles. The van der Waals surface area contributed by atoms with Crippen LogP contribution in [-0.2, 0) is 29.1 Å². The zero-order chi connectivity index (χ0) is 23.2. The van der Waals surface area contributed by atoms with Crippen molar-refractivity contribution in [3.05, 3.63) is 76.8 Å². The lowest BCUT2D eigenvalue weighted by molar-refractivity contribution is -0.138. The van der Waals surface area contributed by atoms with Crippen molar-refractivity contribution in [1.29, 1.82) is 0 Å². The molecule has 9 heteroatoms. The van der Waals surface area contributed by atoms with Crippen LogP contribution in [0.1, 0.15) is 30.5 Å². The van der Waals surface area contributed by atoms with Crippen LogP contribution >= 0.6 is 0 Å². The molecule has 3 rings (SSSR count). The fraction of sp³-hybridized carbons (Fsp3) is 0.273. The van der Waals surface area contributed by atoms with Crippen molar-refractivity contribution in [2.75, 3.05) is 0 Å². The number of fused-ring (bicyclic) bond motifs is 1. The van der Waals surface area contributed by atoms with E-state index in [-0.39, 0.29) is 17.4 Å². The summed E-state index contributed by atoms with van der Waals surface area (Å²) in [7, 11) is 0. The molecule has 0 atom stereocenters. The Morgan fingerprint density at radius 1 is 0.968 bits per heavy atom. The van der Waals surface area contributed by atoms with Gasteiger partial charge in [-0.3, -0.25) is 4.79 Å². The number of halogens is 6. The molecule has 31 heavy (non-hydrogen) atoms. The predicted octanol–water partition coefficient (Wildman–Crippen LogP) is 6.78. The second-order valence-corrected chi connectivity index (χ2v) is 7.58. The molecule has 3 aromatic rings. The van der Waals surface area contributed by atoms with Gasteiger partial charge in [0.2, 0.25) is 0 Å². The summed E-state index contributed by atoms with van der Waals surface area (Å²) in [5.41, 5.74) is -3.24. The van der Waals surface area contributed by atoms with Crippen LogP contribution in [0.15, 0.2) is 48.7 Å². The Morgan fingerprint density at radius 2 is 1.65 bits per heavy atom. The van der Waals surface area contributed by atoms with Gasteiger partial charge in [0, 0.05) is 23.5 Å². The summed E-state index contributed by atoms with van der Waals surface area (Å²) >= 11 is 0. The number of nitrogens with zero attached hydrogens (tertiary/aromatic N) is 2. The van der Waals surface area contributed by atoms with E-state index in [2.05, 4.69) is 4.85 Å². The fourth-order valence-electron chi connectivity index (χ4n) is 3.36.